The summed E-state index contributed by atoms with van der Waals surface area (Å²) in [5.41, 5.74) is 0.479. The SMILES string of the molecule is Cc1c(O)cccc1C(=O)N1CCCC2(CN(C)C(=O)O2)C1. The monoisotopic (exact) mass is 304 g/mol. The number of phenols is 1. The van der Waals surface area contributed by atoms with Crippen LogP contribution in [0.3, 0.4) is 0 Å². The quantitative estimate of drug-likeness (QED) is 0.858. The lowest BCUT2D eigenvalue weighted by atomic mass is 9.92. The molecule has 1 spiro atoms. The number of likely N-dealkylation sites (N-methyl/N-ethyl adjacent to an activating group) is 1. The summed E-state index contributed by atoms with van der Waals surface area (Å²) in [5.74, 6) is -0.0114. The van der Waals surface area contributed by atoms with Gasteiger partial charge in [-0.2, -0.15) is 0 Å². The molecule has 2 aliphatic rings. The third kappa shape index (κ3) is 2.38. The molecule has 118 valence electrons. The number of phenolic OH excluding ortho intramolecular Hbond substituents is 1. The summed E-state index contributed by atoms with van der Waals surface area (Å²) in [6.07, 6.45) is 1.24. The maximum Gasteiger partial charge on any atom is 0.410 e. The van der Waals surface area contributed by atoms with Crippen molar-refractivity contribution in [2.24, 2.45) is 0 Å². The third-order valence-corrected chi connectivity index (χ3v) is 4.50. The van der Waals surface area contributed by atoms with Gasteiger partial charge in [-0.25, -0.2) is 4.79 Å². The van der Waals surface area contributed by atoms with E-state index < -0.39 is 5.60 Å². The van der Waals surface area contributed by atoms with Crippen molar-refractivity contribution in [3.05, 3.63) is 29.3 Å². The highest BCUT2D eigenvalue weighted by Gasteiger charge is 2.47. The predicted octanol–water partition coefficient (Wildman–Crippen LogP) is 1.76. The first-order valence-electron chi connectivity index (χ1n) is 7.44. The fraction of sp³-hybridized carbons (Fsp3) is 0.500. The minimum absolute atomic E-state index is 0.115. The highest BCUT2D eigenvalue weighted by molar-refractivity contribution is 5.96. The fourth-order valence-electron chi connectivity index (χ4n) is 3.30. The van der Waals surface area contributed by atoms with Crippen LogP contribution in [0.4, 0.5) is 4.79 Å². The summed E-state index contributed by atoms with van der Waals surface area (Å²) in [7, 11) is 1.71. The van der Waals surface area contributed by atoms with Gasteiger partial charge < -0.3 is 19.6 Å². The van der Waals surface area contributed by atoms with Gasteiger partial charge in [0.1, 0.15) is 11.4 Å². The molecule has 1 N–H and O–H groups in total. The average molecular weight is 304 g/mol. The first-order chi connectivity index (χ1) is 10.4. The number of ether oxygens (including phenoxy) is 1. The molecule has 2 saturated heterocycles. The topological polar surface area (TPSA) is 70.1 Å². The van der Waals surface area contributed by atoms with Crippen molar-refractivity contribution in [1.29, 1.82) is 0 Å². The maximum atomic E-state index is 12.7. The Labute approximate surface area is 129 Å². The van der Waals surface area contributed by atoms with Gasteiger partial charge in [-0.1, -0.05) is 6.07 Å². The fourth-order valence-corrected chi connectivity index (χ4v) is 3.30. The largest absolute Gasteiger partial charge is 0.508 e. The Morgan fingerprint density at radius 3 is 2.82 bits per heavy atom. The number of amides is 2. The zero-order valence-corrected chi connectivity index (χ0v) is 12.8. The molecular weight excluding hydrogens is 284 g/mol. The van der Waals surface area contributed by atoms with Gasteiger partial charge in [0.2, 0.25) is 0 Å². The molecule has 1 aromatic carbocycles. The molecule has 6 heteroatoms. The van der Waals surface area contributed by atoms with E-state index in [1.807, 2.05) is 0 Å². The molecule has 2 amide bonds. The number of piperidine rings is 1. The number of aromatic hydroxyl groups is 1. The minimum Gasteiger partial charge on any atom is -0.508 e. The smallest absolute Gasteiger partial charge is 0.410 e. The van der Waals surface area contributed by atoms with Gasteiger partial charge in [0.05, 0.1) is 13.1 Å². The Hall–Kier alpha value is -2.24. The van der Waals surface area contributed by atoms with Gasteiger partial charge in [0, 0.05) is 24.7 Å². The van der Waals surface area contributed by atoms with E-state index in [9.17, 15) is 14.7 Å². The zero-order valence-electron chi connectivity index (χ0n) is 12.8. The molecule has 0 aromatic heterocycles. The van der Waals surface area contributed by atoms with E-state index in [-0.39, 0.29) is 17.7 Å². The van der Waals surface area contributed by atoms with Gasteiger partial charge >= 0.3 is 6.09 Å². The number of rotatable bonds is 1. The van der Waals surface area contributed by atoms with Crippen molar-refractivity contribution in [3.8, 4) is 5.75 Å². The number of likely N-dealkylation sites (tertiary alicyclic amines) is 1. The van der Waals surface area contributed by atoms with Crippen LogP contribution >= 0.6 is 0 Å². The molecule has 3 rings (SSSR count). The molecule has 0 bridgehead atoms. The Morgan fingerprint density at radius 1 is 1.36 bits per heavy atom. The second kappa shape index (κ2) is 5.19. The number of hydrogen-bond donors (Lipinski definition) is 1. The van der Waals surface area contributed by atoms with E-state index in [0.717, 1.165) is 12.8 Å². The summed E-state index contributed by atoms with van der Waals surface area (Å²) in [5, 5.41) is 9.78. The Bertz CT molecular complexity index is 631. The van der Waals surface area contributed by atoms with Crippen LogP contribution in [-0.2, 0) is 4.74 Å². The average Bonchev–Trinajstić information content (AvgIpc) is 2.75. The highest BCUT2D eigenvalue weighted by Crippen LogP contribution is 2.32. The number of benzene rings is 1. The molecule has 22 heavy (non-hydrogen) atoms. The molecule has 0 saturated carbocycles. The summed E-state index contributed by atoms with van der Waals surface area (Å²) < 4.78 is 5.52. The van der Waals surface area contributed by atoms with Crippen LogP contribution in [0, 0.1) is 6.92 Å². The number of carbonyl (C=O) groups excluding carboxylic acids is 2. The summed E-state index contributed by atoms with van der Waals surface area (Å²) in [6.45, 7) is 3.27. The Kier molecular flexibility index (Phi) is 3.47. The van der Waals surface area contributed by atoms with Gasteiger partial charge in [-0.05, 0) is 31.9 Å². The molecule has 2 fully saturated rings. The van der Waals surface area contributed by atoms with E-state index in [1.165, 1.54) is 0 Å². The lowest BCUT2D eigenvalue weighted by Crippen LogP contribution is -2.52. The molecular formula is C16H20N2O4. The van der Waals surface area contributed by atoms with Crippen molar-refractivity contribution >= 4 is 12.0 Å². The standard InChI is InChI=1S/C16H20N2O4/c1-11-12(5-3-6-13(11)19)14(20)18-8-4-7-16(10-18)9-17(2)15(21)22-16/h3,5-6,19H,4,7-10H2,1-2H3. The van der Waals surface area contributed by atoms with Crippen LogP contribution in [-0.4, -0.2) is 59.2 Å². The zero-order chi connectivity index (χ0) is 15.9. The number of hydrogen-bond acceptors (Lipinski definition) is 4. The van der Waals surface area contributed by atoms with E-state index >= 15 is 0 Å². The molecule has 2 heterocycles. The number of nitrogens with zero attached hydrogens (tertiary/aromatic N) is 2. The third-order valence-electron chi connectivity index (χ3n) is 4.50. The second-order valence-electron chi connectivity index (χ2n) is 6.19. The minimum atomic E-state index is -0.593. The molecule has 0 aliphatic carbocycles. The maximum absolute atomic E-state index is 12.7. The van der Waals surface area contributed by atoms with Crippen LogP contribution in [0.15, 0.2) is 18.2 Å². The predicted molar refractivity (Wildman–Crippen MR) is 79.8 cm³/mol. The van der Waals surface area contributed by atoms with Gasteiger partial charge in [0.15, 0.2) is 0 Å². The molecule has 2 aliphatic heterocycles. The van der Waals surface area contributed by atoms with Crippen molar-refractivity contribution < 1.29 is 19.4 Å². The van der Waals surface area contributed by atoms with Crippen molar-refractivity contribution in [3.63, 3.8) is 0 Å². The van der Waals surface area contributed by atoms with E-state index in [0.29, 0.717) is 30.8 Å². The van der Waals surface area contributed by atoms with Crippen LogP contribution in [0.25, 0.3) is 0 Å². The van der Waals surface area contributed by atoms with Gasteiger partial charge in [-0.3, -0.25) is 4.79 Å². The van der Waals surface area contributed by atoms with E-state index in [4.69, 9.17) is 4.74 Å². The lowest BCUT2D eigenvalue weighted by molar-refractivity contribution is -0.00524. The molecule has 1 aromatic rings. The normalized spacial score (nSPS) is 24.7. The van der Waals surface area contributed by atoms with Crippen molar-refractivity contribution in [2.45, 2.75) is 25.4 Å². The van der Waals surface area contributed by atoms with Crippen LogP contribution in [0.1, 0.15) is 28.8 Å². The second-order valence-corrected chi connectivity index (χ2v) is 6.19. The van der Waals surface area contributed by atoms with E-state index in [1.54, 1.807) is 42.0 Å². The van der Waals surface area contributed by atoms with Crippen LogP contribution < -0.4 is 0 Å². The summed E-state index contributed by atoms with van der Waals surface area (Å²) >= 11 is 0. The van der Waals surface area contributed by atoms with Gasteiger partial charge in [-0.15, -0.1) is 0 Å². The van der Waals surface area contributed by atoms with Crippen molar-refractivity contribution in [2.75, 3.05) is 26.7 Å². The first kappa shape index (κ1) is 14.7. The first-order valence-corrected chi connectivity index (χ1v) is 7.44. The van der Waals surface area contributed by atoms with Gasteiger partial charge in [0.25, 0.3) is 5.91 Å². The molecule has 1 atom stereocenters. The highest BCUT2D eigenvalue weighted by atomic mass is 16.6. The van der Waals surface area contributed by atoms with Crippen LogP contribution in [0.5, 0.6) is 5.75 Å². The Morgan fingerprint density at radius 2 is 2.14 bits per heavy atom. The number of carbonyl (C=O) groups is 2. The van der Waals surface area contributed by atoms with E-state index in [2.05, 4.69) is 0 Å². The molecule has 0 radical (unpaired) electrons. The Balaban J connectivity index is 1.82. The lowest BCUT2D eigenvalue weighted by Gasteiger charge is -2.38. The molecule has 6 nitrogen and oxygen atoms in total. The molecule has 1 unspecified atom stereocenters. The van der Waals surface area contributed by atoms with Crippen LogP contribution in [0.2, 0.25) is 0 Å². The van der Waals surface area contributed by atoms with Crippen molar-refractivity contribution in [1.82, 2.24) is 9.80 Å². The summed E-state index contributed by atoms with van der Waals surface area (Å²) in [4.78, 5) is 27.7. The summed E-state index contributed by atoms with van der Waals surface area (Å²) in [6, 6.07) is 4.95.